The van der Waals surface area contributed by atoms with Gasteiger partial charge in [0.25, 0.3) is 0 Å². The third kappa shape index (κ3) is 3.65. The molecule has 6 heteroatoms. The van der Waals surface area contributed by atoms with Gasteiger partial charge >= 0.3 is 0 Å². The fraction of sp³-hybridized carbons (Fsp3) is 0.471. The van der Waals surface area contributed by atoms with Crippen LogP contribution in [0.1, 0.15) is 18.4 Å². The summed E-state index contributed by atoms with van der Waals surface area (Å²) in [7, 11) is 0. The van der Waals surface area contributed by atoms with Crippen LogP contribution in [-0.2, 0) is 11.3 Å². The highest BCUT2D eigenvalue weighted by molar-refractivity contribution is 7.13. The SMILES string of the molecule is OCC#Cc1csc(-c2nccn2CC2(CO)CCOCC2)c1. The zero-order valence-electron chi connectivity index (χ0n) is 12.9. The Morgan fingerprint density at radius 1 is 1.35 bits per heavy atom. The molecule has 0 saturated carbocycles. The van der Waals surface area contributed by atoms with E-state index in [0.717, 1.165) is 35.7 Å². The molecule has 2 aromatic heterocycles. The predicted octanol–water partition coefficient (Wildman–Crippen LogP) is 1.74. The number of thiophene rings is 1. The molecule has 3 rings (SSSR count). The first-order valence-electron chi connectivity index (χ1n) is 7.65. The topological polar surface area (TPSA) is 67.5 Å². The van der Waals surface area contributed by atoms with Gasteiger partial charge in [0.2, 0.25) is 0 Å². The number of ether oxygens (including phenoxy) is 1. The molecule has 122 valence electrons. The molecule has 0 spiro atoms. The van der Waals surface area contributed by atoms with E-state index in [4.69, 9.17) is 9.84 Å². The van der Waals surface area contributed by atoms with E-state index in [2.05, 4.69) is 21.4 Å². The molecule has 0 aromatic carbocycles. The summed E-state index contributed by atoms with van der Waals surface area (Å²) in [5, 5.41) is 20.6. The summed E-state index contributed by atoms with van der Waals surface area (Å²) >= 11 is 1.59. The summed E-state index contributed by atoms with van der Waals surface area (Å²) in [6.45, 7) is 2.15. The van der Waals surface area contributed by atoms with Crippen molar-refractivity contribution in [3.8, 4) is 22.5 Å². The third-order valence-corrected chi connectivity index (χ3v) is 5.17. The van der Waals surface area contributed by atoms with Crippen LogP contribution in [0.5, 0.6) is 0 Å². The van der Waals surface area contributed by atoms with E-state index in [-0.39, 0.29) is 18.6 Å². The highest BCUT2D eigenvalue weighted by Crippen LogP contribution is 2.34. The van der Waals surface area contributed by atoms with Gasteiger partial charge in [-0.2, -0.15) is 0 Å². The highest BCUT2D eigenvalue weighted by Gasteiger charge is 2.33. The van der Waals surface area contributed by atoms with Crippen molar-refractivity contribution in [3.63, 3.8) is 0 Å². The van der Waals surface area contributed by atoms with Crippen LogP contribution in [-0.4, -0.2) is 46.2 Å². The fourth-order valence-corrected chi connectivity index (χ4v) is 3.71. The van der Waals surface area contributed by atoms with Crippen molar-refractivity contribution in [2.24, 2.45) is 5.41 Å². The lowest BCUT2D eigenvalue weighted by atomic mass is 9.81. The van der Waals surface area contributed by atoms with E-state index in [9.17, 15) is 5.11 Å². The van der Waals surface area contributed by atoms with Crippen LogP contribution < -0.4 is 0 Å². The van der Waals surface area contributed by atoms with Gasteiger partial charge in [-0.25, -0.2) is 4.98 Å². The van der Waals surface area contributed by atoms with E-state index in [1.165, 1.54) is 0 Å². The largest absolute Gasteiger partial charge is 0.396 e. The van der Waals surface area contributed by atoms with Crippen molar-refractivity contribution in [1.29, 1.82) is 0 Å². The van der Waals surface area contributed by atoms with Gasteiger partial charge in [0, 0.05) is 48.5 Å². The van der Waals surface area contributed by atoms with Gasteiger partial charge in [0.15, 0.2) is 0 Å². The maximum atomic E-state index is 9.87. The van der Waals surface area contributed by atoms with Crippen molar-refractivity contribution in [2.75, 3.05) is 26.4 Å². The van der Waals surface area contributed by atoms with Gasteiger partial charge < -0.3 is 19.5 Å². The van der Waals surface area contributed by atoms with Crippen molar-refractivity contribution < 1.29 is 14.9 Å². The van der Waals surface area contributed by atoms with E-state index < -0.39 is 0 Å². The molecule has 1 fully saturated rings. The molecule has 0 bridgehead atoms. The fourth-order valence-electron chi connectivity index (χ4n) is 2.85. The standard InChI is InChI=1S/C17H20N2O3S/c20-7-1-2-14-10-15(23-11-14)16-18-5-6-19(16)12-17(13-21)3-8-22-9-4-17/h5-6,10-11,20-21H,3-4,7-9,12-13H2. The number of hydrogen-bond acceptors (Lipinski definition) is 5. The molecule has 0 atom stereocenters. The Balaban J connectivity index is 1.83. The molecule has 0 unspecified atom stereocenters. The van der Waals surface area contributed by atoms with Crippen LogP contribution in [0.4, 0.5) is 0 Å². The molecule has 23 heavy (non-hydrogen) atoms. The zero-order chi connectivity index (χ0) is 16.1. The average Bonchev–Trinajstić information content (AvgIpc) is 3.22. The van der Waals surface area contributed by atoms with Crippen molar-refractivity contribution in [1.82, 2.24) is 9.55 Å². The van der Waals surface area contributed by atoms with Gasteiger partial charge in [-0.05, 0) is 18.9 Å². The molecule has 1 aliphatic rings. The second kappa shape index (κ2) is 7.28. The molecule has 3 heterocycles. The summed E-state index contributed by atoms with van der Waals surface area (Å²) in [4.78, 5) is 5.51. The van der Waals surface area contributed by atoms with Gasteiger partial charge in [0.1, 0.15) is 12.4 Å². The molecule has 1 aliphatic heterocycles. The second-order valence-electron chi connectivity index (χ2n) is 5.81. The number of nitrogens with zero attached hydrogens (tertiary/aromatic N) is 2. The van der Waals surface area contributed by atoms with E-state index in [0.29, 0.717) is 13.2 Å². The number of rotatable bonds is 4. The summed E-state index contributed by atoms with van der Waals surface area (Å²) in [6, 6.07) is 1.99. The Labute approximate surface area is 139 Å². The van der Waals surface area contributed by atoms with Crippen LogP contribution in [0.25, 0.3) is 10.7 Å². The maximum Gasteiger partial charge on any atom is 0.150 e. The monoisotopic (exact) mass is 332 g/mol. The molecule has 2 aromatic rings. The second-order valence-corrected chi connectivity index (χ2v) is 6.72. The van der Waals surface area contributed by atoms with Crippen LogP contribution in [0.3, 0.4) is 0 Å². The molecular formula is C17H20N2O3S. The predicted molar refractivity (Wildman–Crippen MR) is 89.1 cm³/mol. The Morgan fingerprint density at radius 2 is 2.17 bits per heavy atom. The average molecular weight is 332 g/mol. The molecule has 1 saturated heterocycles. The van der Waals surface area contributed by atoms with E-state index in [1.54, 1.807) is 17.5 Å². The zero-order valence-corrected chi connectivity index (χ0v) is 13.7. The van der Waals surface area contributed by atoms with Crippen molar-refractivity contribution in [3.05, 3.63) is 29.4 Å². The van der Waals surface area contributed by atoms with Gasteiger partial charge in [-0.1, -0.05) is 11.8 Å². The van der Waals surface area contributed by atoms with Crippen molar-refractivity contribution >= 4 is 11.3 Å². The van der Waals surface area contributed by atoms with Gasteiger partial charge in [0.05, 0.1) is 11.5 Å². The van der Waals surface area contributed by atoms with Crippen LogP contribution in [0.2, 0.25) is 0 Å². The summed E-state index contributed by atoms with van der Waals surface area (Å²) < 4.78 is 7.54. The summed E-state index contributed by atoms with van der Waals surface area (Å²) in [5.41, 5.74) is 0.751. The van der Waals surface area contributed by atoms with Crippen molar-refractivity contribution in [2.45, 2.75) is 19.4 Å². The van der Waals surface area contributed by atoms with Crippen LogP contribution in [0.15, 0.2) is 23.8 Å². The Bertz CT molecular complexity index is 705. The maximum absolute atomic E-state index is 9.87. The lowest BCUT2D eigenvalue weighted by molar-refractivity contribution is -0.0250. The third-order valence-electron chi connectivity index (χ3n) is 4.24. The molecule has 0 radical (unpaired) electrons. The number of hydrogen-bond donors (Lipinski definition) is 2. The minimum absolute atomic E-state index is 0.134. The molecule has 0 amide bonds. The number of imidazole rings is 1. The van der Waals surface area contributed by atoms with E-state index >= 15 is 0 Å². The quantitative estimate of drug-likeness (QED) is 0.837. The molecule has 5 nitrogen and oxygen atoms in total. The van der Waals surface area contributed by atoms with Gasteiger partial charge in [-0.15, -0.1) is 11.3 Å². The summed E-state index contributed by atoms with van der Waals surface area (Å²) in [6.07, 6.45) is 5.47. The number of aliphatic hydroxyl groups is 2. The lowest BCUT2D eigenvalue weighted by Crippen LogP contribution is -2.37. The molecule has 0 aliphatic carbocycles. The Hall–Kier alpha value is -1.65. The minimum Gasteiger partial charge on any atom is -0.396 e. The normalized spacial score (nSPS) is 16.8. The first-order chi connectivity index (χ1) is 11.3. The number of aliphatic hydroxyl groups excluding tert-OH is 2. The minimum atomic E-state index is -0.138. The van der Waals surface area contributed by atoms with Gasteiger partial charge in [-0.3, -0.25) is 0 Å². The molecular weight excluding hydrogens is 312 g/mol. The molecule has 2 N–H and O–H groups in total. The smallest absolute Gasteiger partial charge is 0.150 e. The first-order valence-corrected chi connectivity index (χ1v) is 8.53. The Morgan fingerprint density at radius 3 is 2.91 bits per heavy atom. The number of aromatic nitrogens is 2. The van der Waals surface area contributed by atoms with E-state index in [1.807, 2.05) is 17.6 Å². The summed E-state index contributed by atoms with van der Waals surface area (Å²) in [5.74, 6) is 6.46. The van der Waals surface area contributed by atoms with Crippen LogP contribution in [0, 0.1) is 17.3 Å². The first kappa shape index (κ1) is 16.2. The Kier molecular flexibility index (Phi) is 5.13. The highest BCUT2D eigenvalue weighted by atomic mass is 32.1. The lowest BCUT2D eigenvalue weighted by Gasteiger charge is -2.36. The van der Waals surface area contributed by atoms with Crippen LogP contribution >= 0.6 is 11.3 Å².